The number of fused-ring (bicyclic) bond motifs is 1. The SMILES string of the molecule is CCCC(C(=O)NO)c1cc(N(C)c2nc(C)nc3ccccc23)ccc1OC. The summed E-state index contributed by atoms with van der Waals surface area (Å²) in [6, 6.07) is 13.5. The van der Waals surface area contributed by atoms with E-state index in [9.17, 15) is 10.0 Å². The standard InChI is InChI=1S/C22H26N4O3/c1-5-8-16(22(27)25-28)18-13-15(11-12-20(18)29-4)26(3)21-17-9-6-7-10-19(17)23-14(2)24-21/h6-7,9-13,16,28H,5,8H2,1-4H3,(H,25,27). The monoisotopic (exact) mass is 394 g/mol. The minimum atomic E-state index is -0.517. The summed E-state index contributed by atoms with van der Waals surface area (Å²) in [5.74, 6) is 1.10. The third kappa shape index (κ3) is 4.14. The predicted octanol–water partition coefficient (Wildman–Crippen LogP) is 4.10. The molecule has 0 aliphatic heterocycles. The molecule has 2 aromatic carbocycles. The number of hydroxylamine groups is 1. The van der Waals surface area contributed by atoms with Gasteiger partial charge in [-0.05, 0) is 43.7 Å². The average Bonchev–Trinajstić information content (AvgIpc) is 2.75. The normalized spacial score (nSPS) is 11.9. The number of hydrogen-bond acceptors (Lipinski definition) is 6. The highest BCUT2D eigenvalue weighted by molar-refractivity contribution is 5.91. The fraction of sp³-hybridized carbons (Fsp3) is 0.318. The molecule has 152 valence electrons. The van der Waals surface area contributed by atoms with E-state index in [0.29, 0.717) is 18.0 Å². The maximum atomic E-state index is 12.3. The number of methoxy groups -OCH3 is 1. The molecule has 0 saturated heterocycles. The molecule has 7 heteroatoms. The molecule has 0 spiro atoms. The van der Waals surface area contributed by atoms with E-state index < -0.39 is 11.8 Å². The van der Waals surface area contributed by atoms with Gasteiger partial charge in [0, 0.05) is 23.7 Å². The van der Waals surface area contributed by atoms with Crippen molar-refractivity contribution in [2.24, 2.45) is 0 Å². The molecule has 0 radical (unpaired) electrons. The van der Waals surface area contributed by atoms with Crippen molar-refractivity contribution in [2.45, 2.75) is 32.6 Å². The highest BCUT2D eigenvalue weighted by Crippen LogP contribution is 2.36. The first-order chi connectivity index (χ1) is 14.0. The van der Waals surface area contributed by atoms with E-state index in [1.165, 1.54) is 0 Å². The van der Waals surface area contributed by atoms with Crippen LogP contribution in [-0.2, 0) is 4.79 Å². The van der Waals surface area contributed by atoms with Crippen molar-refractivity contribution in [3.05, 3.63) is 53.9 Å². The lowest BCUT2D eigenvalue weighted by molar-refractivity contribution is -0.131. The van der Waals surface area contributed by atoms with Gasteiger partial charge in [0.2, 0.25) is 0 Å². The van der Waals surface area contributed by atoms with E-state index >= 15 is 0 Å². The van der Waals surface area contributed by atoms with Crippen molar-refractivity contribution < 1.29 is 14.7 Å². The molecule has 2 N–H and O–H groups in total. The summed E-state index contributed by atoms with van der Waals surface area (Å²) in [6.45, 7) is 3.86. The van der Waals surface area contributed by atoms with Crippen LogP contribution in [0.3, 0.4) is 0 Å². The Morgan fingerprint density at radius 3 is 2.69 bits per heavy atom. The lowest BCUT2D eigenvalue weighted by Crippen LogP contribution is -2.27. The lowest BCUT2D eigenvalue weighted by Gasteiger charge is -2.24. The Hall–Kier alpha value is -3.19. The van der Waals surface area contributed by atoms with Crippen LogP contribution in [0.1, 0.15) is 37.1 Å². The Kier molecular flexibility index (Phi) is 6.29. The number of amides is 1. The number of aromatic nitrogens is 2. The summed E-state index contributed by atoms with van der Waals surface area (Å²) in [7, 11) is 3.50. The summed E-state index contributed by atoms with van der Waals surface area (Å²) in [5, 5.41) is 10.1. The quantitative estimate of drug-likeness (QED) is 0.463. The minimum Gasteiger partial charge on any atom is -0.496 e. The number of anilines is 2. The van der Waals surface area contributed by atoms with E-state index in [4.69, 9.17) is 4.74 Å². The van der Waals surface area contributed by atoms with Gasteiger partial charge in [0.15, 0.2) is 0 Å². The molecule has 0 saturated carbocycles. The van der Waals surface area contributed by atoms with Gasteiger partial charge in [-0.15, -0.1) is 0 Å². The van der Waals surface area contributed by atoms with Gasteiger partial charge in [-0.2, -0.15) is 0 Å². The van der Waals surface area contributed by atoms with Gasteiger partial charge >= 0.3 is 0 Å². The number of rotatable bonds is 7. The summed E-state index contributed by atoms with van der Waals surface area (Å²) >= 11 is 0. The minimum absolute atomic E-state index is 0.451. The molecule has 1 heterocycles. The predicted molar refractivity (Wildman–Crippen MR) is 113 cm³/mol. The molecular formula is C22H26N4O3. The third-order valence-electron chi connectivity index (χ3n) is 4.99. The van der Waals surface area contributed by atoms with E-state index in [2.05, 4.69) is 9.97 Å². The van der Waals surface area contributed by atoms with Gasteiger partial charge < -0.3 is 9.64 Å². The highest BCUT2D eigenvalue weighted by Gasteiger charge is 2.24. The molecule has 0 aliphatic carbocycles. The zero-order valence-electron chi connectivity index (χ0n) is 17.1. The van der Waals surface area contributed by atoms with Crippen molar-refractivity contribution in [1.82, 2.24) is 15.4 Å². The second-order valence-electron chi connectivity index (χ2n) is 6.91. The van der Waals surface area contributed by atoms with Crippen LogP contribution >= 0.6 is 0 Å². The first kappa shape index (κ1) is 20.5. The zero-order chi connectivity index (χ0) is 21.0. The second kappa shape index (κ2) is 8.87. The van der Waals surface area contributed by atoms with Crippen LogP contribution in [0.2, 0.25) is 0 Å². The van der Waals surface area contributed by atoms with Crippen LogP contribution in [0.15, 0.2) is 42.5 Å². The molecule has 1 amide bonds. The number of aryl methyl sites for hydroxylation is 1. The van der Waals surface area contributed by atoms with E-state index in [1.807, 2.05) is 68.3 Å². The van der Waals surface area contributed by atoms with Crippen molar-refractivity contribution in [2.75, 3.05) is 19.1 Å². The van der Waals surface area contributed by atoms with Gasteiger partial charge in [-0.25, -0.2) is 15.4 Å². The van der Waals surface area contributed by atoms with Crippen LogP contribution in [-0.4, -0.2) is 35.2 Å². The van der Waals surface area contributed by atoms with Gasteiger partial charge in [0.25, 0.3) is 5.91 Å². The molecule has 29 heavy (non-hydrogen) atoms. The zero-order valence-corrected chi connectivity index (χ0v) is 17.1. The molecular weight excluding hydrogens is 368 g/mol. The Morgan fingerprint density at radius 1 is 1.24 bits per heavy atom. The summed E-state index contributed by atoms with van der Waals surface area (Å²) in [6.07, 6.45) is 1.38. The Bertz CT molecular complexity index is 1020. The smallest absolute Gasteiger partial charge is 0.251 e. The lowest BCUT2D eigenvalue weighted by atomic mass is 9.92. The molecule has 3 rings (SSSR count). The molecule has 3 aromatic rings. The van der Waals surface area contributed by atoms with Crippen molar-refractivity contribution >= 4 is 28.3 Å². The van der Waals surface area contributed by atoms with Crippen molar-refractivity contribution in [1.29, 1.82) is 0 Å². The number of carbonyl (C=O) groups excluding carboxylic acids is 1. The molecule has 0 aliphatic rings. The van der Waals surface area contributed by atoms with Gasteiger partial charge in [0.1, 0.15) is 17.4 Å². The van der Waals surface area contributed by atoms with Crippen molar-refractivity contribution in [3.8, 4) is 5.75 Å². The Balaban J connectivity index is 2.11. The number of benzene rings is 2. The number of nitrogens with zero attached hydrogens (tertiary/aromatic N) is 3. The van der Waals surface area contributed by atoms with E-state index in [-0.39, 0.29) is 0 Å². The maximum Gasteiger partial charge on any atom is 0.251 e. The molecule has 1 unspecified atom stereocenters. The van der Waals surface area contributed by atoms with Crippen LogP contribution < -0.4 is 15.1 Å². The van der Waals surface area contributed by atoms with Crippen LogP contribution in [0, 0.1) is 6.92 Å². The third-order valence-corrected chi connectivity index (χ3v) is 4.99. The second-order valence-corrected chi connectivity index (χ2v) is 6.91. The number of nitrogens with one attached hydrogen (secondary N) is 1. The summed E-state index contributed by atoms with van der Waals surface area (Å²) < 4.78 is 5.49. The van der Waals surface area contributed by atoms with E-state index in [1.54, 1.807) is 12.6 Å². The maximum absolute atomic E-state index is 12.3. The molecule has 1 atom stereocenters. The number of ether oxygens (including phenoxy) is 1. The highest BCUT2D eigenvalue weighted by atomic mass is 16.5. The molecule has 0 bridgehead atoms. The number of carbonyl (C=O) groups is 1. The summed E-state index contributed by atoms with van der Waals surface area (Å²) in [4.78, 5) is 23.4. The van der Waals surface area contributed by atoms with Gasteiger partial charge in [0.05, 0.1) is 18.5 Å². The van der Waals surface area contributed by atoms with Gasteiger partial charge in [-0.1, -0.05) is 25.5 Å². The first-order valence-electron chi connectivity index (χ1n) is 9.59. The summed E-state index contributed by atoms with van der Waals surface area (Å²) in [5.41, 5.74) is 4.24. The first-order valence-corrected chi connectivity index (χ1v) is 9.59. The van der Waals surface area contributed by atoms with Crippen LogP contribution in [0.25, 0.3) is 10.9 Å². The fourth-order valence-electron chi connectivity index (χ4n) is 3.55. The fourth-order valence-corrected chi connectivity index (χ4v) is 3.55. The van der Waals surface area contributed by atoms with Crippen LogP contribution in [0.4, 0.5) is 11.5 Å². The topological polar surface area (TPSA) is 87.6 Å². The largest absolute Gasteiger partial charge is 0.496 e. The molecule has 0 fully saturated rings. The Labute approximate surface area is 170 Å². The number of para-hydroxylation sites is 1. The van der Waals surface area contributed by atoms with Crippen LogP contribution in [0.5, 0.6) is 5.75 Å². The molecule has 1 aromatic heterocycles. The van der Waals surface area contributed by atoms with Crippen molar-refractivity contribution in [3.63, 3.8) is 0 Å². The van der Waals surface area contributed by atoms with E-state index in [0.717, 1.165) is 34.4 Å². The Morgan fingerprint density at radius 2 is 2.00 bits per heavy atom. The molecule has 7 nitrogen and oxygen atoms in total. The average molecular weight is 394 g/mol. The van der Waals surface area contributed by atoms with Gasteiger partial charge in [-0.3, -0.25) is 10.0 Å². The number of hydrogen-bond donors (Lipinski definition) is 2.